The van der Waals surface area contributed by atoms with Crippen LogP contribution in [0.1, 0.15) is 31.2 Å². The molecule has 0 spiro atoms. The summed E-state index contributed by atoms with van der Waals surface area (Å²) in [4.78, 5) is 1.28. The van der Waals surface area contributed by atoms with Crippen molar-refractivity contribution in [2.24, 2.45) is 0 Å². The molecule has 1 N–H and O–H groups in total. The predicted molar refractivity (Wildman–Crippen MR) is 65.2 cm³/mol. The molecular formula is C11H16ClNS. The molecule has 14 heavy (non-hydrogen) atoms. The number of hydrogen-bond acceptors (Lipinski definition) is 2. The molecule has 1 nitrogen and oxygen atoms in total. The van der Waals surface area contributed by atoms with Crippen molar-refractivity contribution in [2.45, 2.75) is 32.4 Å². The van der Waals surface area contributed by atoms with Crippen LogP contribution in [-0.2, 0) is 0 Å². The Labute approximate surface area is 94.8 Å². The maximum atomic E-state index is 5.88. The maximum Gasteiger partial charge on any atom is 0.0931 e. The number of thiophene rings is 1. The van der Waals surface area contributed by atoms with Gasteiger partial charge in [0.25, 0.3) is 0 Å². The standard InChI is InChI=1S/C11H16ClNS/c1-4-5-8(2)13-9(3)10-6-7-11(12)14-10/h4,6-9,13H,1,5H2,2-3H3. The molecule has 0 aliphatic rings. The molecule has 0 bridgehead atoms. The van der Waals surface area contributed by atoms with Gasteiger partial charge in [-0.2, -0.15) is 0 Å². The van der Waals surface area contributed by atoms with Crippen molar-refractivity contribution in [2.75, 3.05) is 0 Å². The molecule has 0 amide bonds. The minimum Gasteiger partial charge on any atom is -0.307 e. The first-order valence-corrected chi connectivity index (χ1v) is 5.95. The summed E-state index contributed by atoms with van der Waals surface area (Å²) in [6.07, 6.45) is 2.93. The van der Waals surface area contributed by atoms with Crippen molar-refractivity contribution in [1.29, 1.82) is 0 Å². The molecule has 2 atom stereocenters. The molecule has 1 aromatic heterocycles. The van der Waals surface area contributed by atoms with E-state index in [-0.39, 0.29) is 0 Å². The third kappa shape index (κ3) is 3.45. The maximum absolute atomic E-state index is 5.88. The first-order chi connectivity index (χ1) is 6.63. The number of hydrogen-bond donors (Lipinski definition) is 1. The Morgan fingerprint density at radius 3 is 2.79 bits per heavy atom. The van der Waals surface area contributed by atoms with Gasteiger partial charge >= 0.3 is 0 Å². The van der Waals surface area contributed by atoms with Crippen molar-refractivity contribution in [1.82, 2.24) is 5.32 Å². The van der Waals surface area contributed by atoms with E-state index in [0.717, 1.165) is 10.8 Å². The molecule has 1 heterocycles. The summed E-state index contributed by atoms with van der Waals surface area (Å²) < 4.78 is 0.852. The number of halogens is 1. The van der Waals surface area contributed by atoms with Crippen molar-refractivity contribution >= 4 is 22.9 Å². The molecule has 0 aliphatic heterocycles. The lowest BCUT2D eigenvalue weighted by molar-refractivity contribution is 0.487. The third-order valence-corrected chi connectivity index (χ3v) is 3.49. The number of nitrogens with one attached hydrogen (secondary N) is 1. The Balaban J connectivity index is 2.49. The highest BCUT2D eigenvalue weighted by Crippen LogP contribution is 2.26. The van der Waals surface area contributed by atoms with Crippen molar-refractivity contribution in [3.63, 3.8) is 0 Å². The molecule has 0 aromatic carbocycles. The second kappa shape index (κ2) is 5.54. The molecule has 0 radical (unpaired) electrons. The van der Waals surface area contributed by atoms with Gasteiger partial charge in [0.05, 0.1) is 4.34 Å². The topological polar surface area (TPSA) is 12.0 Å². The number of rotatable bonds is 5. The van der Waals surface area contributed by atoms with E-state index < -0.39 is 0 Å². The van der Waals surface area contributed by atoms with Crippen molar-refractivity contribution < 1.29 is 0 Å². The molecule has 78 valence electrons. The Kier molecular flexibility index (Phi) is 4.66. The van der Waals surface area contributed by atoms with Crippen LogP contribution in [0.3, 0.4) is 0 Å². The van der Waals surface area contributed by atoms with Crippen molar-refractivity contribution in [3.8, 4) is 0 Å². The highest BCUT2D eigenvalue weighted by molar-refractivity contribution is 7.16. The van der Waals surface area contributed by atoms with E-state index in [0.29, 0.717) is 12.1 Å². The lowest BCUT2D eigenvalue weighted by Crippen LogP contribution is -2.27. The van der Waals surface area contributed by atoms with Gasteiger partial charge in [-0.15, -0.1) is 17.9 Å². The van der Waals surface area contributed by atoms with Gasteiger partial charge in [0.1, 0.15) is 0 Å². The van der Waals surface area contributed by atoms with E-state index in [1.807, 2.05) is 12.1 Å². The predicted octanol–water partition coefficient (Wildman–Crippen LogP) is 4.02. The second-order valence-electron chi connectivity index (χ2n) is 3.46. The fraction of sp³-hybridized carbons (Fsp3) is 0.455. The van der Waals surface area contributed by atoms with Crippen molar-refractivity contribution in [3.05, 3.63) is 34.0 Å². The Morgan fingerprint density at radius 2 is 2.29 bits per heavy atom. The van der Waals surface area contributed by atoms with Crippen LogP contribution in [0.5, 0.6) is 0 Å². The van der Waals surface area contributed by atoms with E-state index in [2.05, 4.69) is 31.8 Å². The zero-order valence-corrected chi connectivity index (χ0v) is 10.2. The Bertz CT molecular complexity index is 295. The molecule has 0 aliphatic carbocycles. The summed E-state index contributed by atoms with van der Waals surface area (Å²) in [6, 6.07) is 4.84. The van der Waals surface area contributed by atoms with Gasteiger partial charge in [0.2, 0.25) is 0 Å². The molecule has 0 saturated heterocycles. The summed E-state index contributed by atoms with van der Waals surface area (Å²) in [5.74, 6) is 0. The van der Waals surface area contributed by atoms with E-state index in [1.54, 1.807) is 11.3 Å². The Hall–Kier alpha value is -0.310. The smallest absolute Gasteiger partial charge is 0.0931 e. The van der Waals surface area contributed by atoms with Crippen LogP contribution in [0, 0.1) is 0 Å². The SMILES string of the molecule is C=CCC(C)NC(C)c1ccc(Cl)s1. The molecular weight excluding hydrogens is 214 g/mol. The second-order valence-corrected chi connectivity index (χ2v) is 5.20. The van der Waals surface area contributed by atoms with Crippen LogP contribution in [-0.4, -0.2) is 6.04 Å². The normalized spacial score (nSPS) is 15.1. The van der Waals surface area contributed by atoms with E-state index >= 15 is 0 Å². The monoisotopic (exact) mass is 229 g/mol. The quantitative estimate of drug-likeness (QED) is 0.753. The van der Waals surface area contributed by atoms with Gasteiger partial charge < -0.3 is 5.32 Å². The summed E-state index contributed by atoms with van der Waals surface area (Å²) in [5.41, 5.74) is 0. The largest absolute Gasteiger partial charge is 0.307 e. The first kappa shape index (κ1) is 11.8. The van der Waals surface area contributed by atoms with E-state index in [1.165, 1.54) is 4.88 Å². The first-order valence-electron chi connectivity index (χ1n) is 4.75. The van der Waals surface area contributed by atoms with Crippen LogP contribution >= 0.6 is 22.9 Å². The van der Waals surface area contributed by atoms with Gasteiger partial charge in [0.15, 0.2) is 0 Å². The fourth-order valence-electron chi connectivity index (χ4n) is 1.39. The van der Waals surface area contributed by atoms with Crippen LogP contribution in [0.15, 0.2) is 24.8 Å². The lowest BCUT2D eigenvalue weighted by atomic mass is 10.2. The van der Waals surface area contributed by atoms with E-state index in [4.69, 9.17) is 11.6 Å². The van der Waals surface area contributed by atoms with Crippen LogP contribution < -0.4 is 5.32 Å². The highest BCUT2D eigenvalue weighted by Gasteiger charge is 2.10. The van der Waals surface area contributed by atoms with E-state index in [9.17, 15) is 0 Å². The fourth-order valence-corrected chi connectivity index (χ4v) is 2.46. The average Bonchev–Trinajstić information content (AvgIpc) is 2.52. The lowest BCUT2D eigenvalue weighted by Gasteiger charge is -2.17. The molecule has 1 rings (SSSR count). The molecule has 0 saturated carbocycles. The Morgan fingerprint density at radius 1 is 1.57 bits per heavy atom. The van der Waals surface area contributed by atoms with Gasteiger partial charge in [-0.05, 0) is 32.4 Å². The molecule has 2 unspecified atom stereocenters. The minimum absolute atomic E-state index is 0.363. The van der Waals surface area contributed by atoms with Crippen LogP contribution in [0.4, 0.5) is 0 Å². The molecule has 1 aromatic rings. The van der Waals surface area contributed by atoms with Gasteiger partial charge in [-0.3, -0.25) is 0 Å². The summed E-state index contributed by atoms with van der Waals surface area (Å²) in [6.45, 7) is 8.04. The van der Waals surface area contributed by atoms with Crippen LogP contribution in [0.2, 0.25) is 4.34 Å². The molecule has 3 heteroatoms. The van der Waals surface area contributed by atoms with Gasteiger partial charge in [0, 0.05) is 17.0 Å². The summed E-state index contributed by atoms with van der Waals surface area (Å²) in [5, 5.41) is 3.49. The van der Waals surface area contributed by atoms with Gasteiger partial charge in [-0.1, -0.05) is 17.7 Å². The summed E-state index contributed by atoms with van der Waals surface area (Å²) >= 11 is 7.51. The zero-order valence-electron chi connectivity index (χ0n) is 8.59. The van der Waals surface area contributed by atoms with Crippen LogP contribution in [0.25, 0.3) is 0 Å². The summed E-state index contributed by atoms with van der Waals surface area (Å²) in [7, 11) is 0. The zero-order chi connectivity index (χ0) is 10.6. The average molecular weight is 230 g/mol. The molecule has 0 fully saturated rings. The van der Waals surface area contributed by atoms with Gasteiger partial charge in [-0.25, -0.2) is 0 Å². The highest BCUT2D eigenvalue weighted by atomic mass is 35.5. The minimum atomic E-state index is 0.363. The third-order valence-electron chi connectivity index (χ3n) is 2.08.